The molecule has 0 heterocycles. The van der Waals surface area contributed by atoms with E-state index in [-0.39, 0.29) is 18.9 Å². The molecule has 0 aliphatic heterocycles. The van der Waals surface area contributed by atoms with Gasteiger partial charge >= 0.3 is 5.97 Å². The van der Waals surface area contributed by atoms with Crippen LogP contribution in [0.15, 0.2) is 5.10 Å². The second-order valence-corrected chi connectivity index (χ2v) is 1.63. The van der Waals surface area contributed by atoms with Crippen molar-refractivity contribution in [3.8, 4) is 0 Å². The lowest BCUT2D eigenvalue weighted by molar-refractivity contribution is -0.129. The van der Waals surface area contributed by atoms with Crippen LogP contribution in [0.3, 0.4) is 0 Å². The molecule has 0 saturated heterocycles. The first-order chi connectivity index (χ1) is 4.68. The van der Waals surface area contributed by atoms with E-state index in [1.807, 2.05) is 0 Å². The lowest BCUT2D eigenvalue weighted by atomic mass is 10.4. The summed E-state index contributed by atoms with van der Waals surface area (Å²) >= 11 is 0. The third-order valence-corrected chi connectivity index (χ3v) is 0.780. The maximum atomic E-state index is 10.1. The van der Waals surface area contributed by atoms with Crippen molar-refractivity contribution in [2.45, 2.75) is 6.92 Å². The van der Waals surface area contributed by atoms with Crippen LogP contribution in [0, 0.1) is 0 Å². The van der Waals surface area contributed by atoms with Gasteiger partial charge in [-0.25, -0.2) is 4.79 Å². The summed E-state index contributed by atoms with van der Waals surface area (Å²) in [6, 6.07) is 0. The Morgan fingerprint density at radius 2 is 2.30 bits per heavy atom. The van der Waals surface area contributed by atoms with Crippen molar-refractivity contribution in [2.75, 3.05) is 13.2 Å². The molecule has 0 rings (SSSR count). The largest absolute Gasteiger partial charge is 0.477 e. The molecule has 10 heavy (non-hydrogen) atoms. The van der Waals surface area contributed by atoms with E-state index >= 15 is 0 Å². The van der Waals surface area contributed by atoms with Gasteiger partial charge in [-0.05, 0) is 6.92 Å². The second-order valence-electron chi connectivity index (χ2n) is 1.63. The number of nitrogens with zero attached hydrogens (tertiary/aromatic N) is 1. The monoisotopic (exact) mass is 146 g/mol. The van der Waals surface area contributed by atoms with Crippen molar-refractivity contribution in [3.63, 3.8) is 0 Å². The SMILES string of the molecule is CC(=NNCCO)C(=O)O. The highest BCUT2D eigenvalue weighted by Crippen LogP contribution is 1.72. The van der Waals surface area contributed by atoms with Crippen LogP contribution >= 0.6 is 0 Å². The molecule has 0 aliphatic carbocycles. The topological polar surface area (TPSA) is 81.9 Å². The summed E-state index contributed by atoms with van der Waals surface area (Å²) in [4.78, 5) is 10.1. The number of hydrogen-bond acceptors (Lipinski definition) is 4. The zero-order valence-corrected chi connectivity index (χ0v) is 5.66. The van der Waals surface area contributed by atoms with Crippen molar-refractivity contribution in [2.24, 2.45) is 5.10 Å². The van der Waals surface area contributed by atoms with E-state index in [4.69, 9.17) is 10.2 Å². The van der Waals surface area contributed by atoms with Crippen LogP contribution in [0.2, 0.25) is 0 Å². The lowest BCUT2D eigenvalue weighted by Gasteiger charge is -1.95. The highest BCUT2D eigenvalue weighted by atomic mass is 16.4. The maximum absolute atomic E-state index is 10.1. The first kappa shape index (κ1) is 8.90. The molecular weight excluding hydrogens is 136 g/mol. The Bertz CT molecular complexity index is 144. The van der Waals surface area contributed by atoms with Gasteiger partial charge in [0.2, 0.25) is 0 Å². The molecule has 0 radical (unpaired) electrons. The molecule has 0 atom stereocenters. The van der Waals surface area contributed by atoms with Crippen LogP contribution < -0.4 is 5.43 Å². The Labute approximate surface area is 58.4 Å². The van der Waals surface area contributed by atoms with Crippen molar-refractivity contribution in [1.82, 2.24) is 5.43 Å². The van der Waals surface area contributed by atoms with E-state index in [0.29, 0.717) is 0 Å². The predicted molar refractivity (Wildman–Crippen MR) is 35.8 cm³/mol. The molecule has 0 unspecified atom stereocenters. The fourth-order valence-corrected chi connectivity index (χ4v) is 0.272. The Hall–Kier alpha value is -1.10. The average molecular weight is 146 g/mol. The maximum Gasteiger partial charge on any atom is 0.351 e. The summed E-state index contributed by atoms with van der Waals surface area (Å²) in [6.45, 7) is 1.58. The van der Waals surface area contributed by atoms with Crippen LogP contribution in [0.4, 0.5) is 0 Å². The molecule has 0 aromatic heterocycles. The molecule has 5 heteroatoms. The molecule has 5 nitrogen and oxygen atoms in total. The predicted octanol–water partition coefficient (Wildman–Crippen LogP) is -0.971. The van der Waals surface area contributed by atoms with Crippen LogP contribution in [-0.4, -0.2) is 35.0 Å². The van der Waals surface area contributed by atoms with Crippen LogP contribution in [-0.2, 0) is 4.79 Å². The van der Waals surface area contributed by atoms with Crippen LogP contribution in [0.1, 0.15) is 6.92 Å². The summed E-state index contributed by atoms with van der Waals surface area (Å²) in [5, 5.41) is 19.9. The van der Waals surface area contributed by atoms with Gasteiger partial charge in [-0.2, -0.15) is 5.10 Å². The molecule has 0 amide bonds. The van der Waals surface area contributed by atoms with Crippen molar-refractivity contribution < 1.29 is 15.0 Å². The quantitative estimate of drug-likeness (QED) is 0.271. The van der Waals surface area contributed by atoms with E-state index < -0.39 is 5.97 Å². The molecule has 0 aromatic carbocycles. The Kier molecular flexibility index (Phi) is 4.23. The molecule has 0 fully saturated rings. The fourth-order valence-electron chi connectivity index (χ4n) is 0.272. The molecule has 0 aliphatic rings. The summed E-state index contributed by atoms with van der Waals surface area (Å²) in [5.74, 6) is -1.06. The molecular formula is C5H10N2O3. The third kappa shape index (κ3) is 3.85. The smallest absolute Gasteiger partial charge is 0.351 e. The van der Waals surface area contributed by atoms with Gasteiger partial charge in [0.15, 0.2) is 0 Å². The summed E-state index contributed by atoms with van der Waals surface area (Å²) in [7, 11) is 0. The first-order valence-corrected chi connectivity index (χ1v) is 2.79. The van der Waals surface area contributed by atoms with Gasteiger partial charge in [-0.1, -0.05) is 0 Å². The molecule has 0 saturated carbocycles. The molecule has 0 bridgehead atoms. The van der Waals surface area contributed by atoms with Gasteiger partial charge in [0.05, 0.1) is 13.2 Å². The van der Waals surface area contributed by atoms with Gasteiger partial charge in [0.1, 0.15) is 5.71 Å². The Balaban J connectivity index is 3.58. The van der Waals surface area contributed by atoms with E-state index in [9.17, 15) is 4.79 Å². The van der Waals surface area contributed by atoms with E-state index in [0.717, 1.165) is 0 Å². The van der Waals surface area contributed by atoms with Gasteiger partial charge in [-0.3, -0.25) is 0 Å². The molecule has 0 aromatic rings. The van der Waals surface area contributed by atoms with Gasteiger partial charge in [0.25, 0.3) is 0 Å². The standard InChI is InChI=1S/C5H10N2O3/c1-4(5(9)10)7-6-2-3-8/h6,8H,2-3H2,1H3,(H,9,10). The minimum atomic E-state index is -1.06. The number of aliphatic hydroxyl groups is 1. The third-order valence-electron chi connectivity index (χ3n) is 0.780. The average Bonchev–Trinajstić information content (AvgIpc) is 1.88. The normalized spacial score (nSPS) is 11.2. The number of rotatable bonds is 4. The van der Waals surface area contributed by atoms with Crippen molar-refractivity contribution >= 4 is 11.7 Å². The number of hydrazone groups is 1. The highest BCUT2D eigenvalue weighted by Gasteiger charge is 1.98. The number of nitrogens with one attached hydrogen (secondary N) is 1. The van der Waals surface area contributed by atoms with Crippen molar-refractivity contribution in [1.29, 1.82) is 0 Å². The number of carboxylic acid groups (broad SMARTS) is 1. The van der Waals surface area contributed by atoms with Gasteiger partial charge < -0.3 is 15.6 Å². The Morgan fingerprint density at radius 1 is 1.70 bits per heavy atom. The van der Waals surface area contributed by atoms with Crippen LogP contribution in [0.25, 0.3) is 0 Å². The molecule has 0 spiro atoms. The van der Waals surface area contributed by atoms with E-state index in [1.165, 1.54) is 6.92 Å². The summed E-state index contributed by atoms with van der Waals surface area (Å²) < 4.78 is 0. The highest BCUT2D eigenvalue weighted by molar-refractivity contribution is 6.34. The number of carboxylic acids is 1. The summed E-state index contributed by atoms with van der Waals surface area (Å²) in [6.07, 6.45) is 0. The van der Waals surface area contributed by atoms with E-state index in [1.54, 1.807) is 0 Å². The number of hydrogen-bond donors (Lipinski definition) is 3. The minimum Gasteiger partial charge on any atom is -0.477 e. The van der Waals surface area contributed by atoms with Gasteiger partial charge in [0, 0.05) is 0 Å². The molecule has 58 valence electrons. The van der Waals surface area contributed by atoms with Crippen molar-refractivity contribution in [3.05, 3.63) is 0 Å². The van der Waals surface area contributed by atoms with E-state index in [2.05, 4.69) is 10.5 Å². The first-order valence-electron chi connectivity index (χ1n) is 2.79. The summed E-state index contributed by atoms with van der Waals surface area (Å²) in [5.41, 5.74) is 2.35. The van der Waals surface area contributed by atoms with Crippen LogP contribution in [0.5, 0.6) is 0 Å². The number of carbonyl (C=O) groups is 1. The van der Waals surface area contributed by atoms with Gasteiger partial charge in [-0.15, -0.1) is 0 Å². The minimum absolute atomic E-state index is 0.0200. The number of aliphatic hydroxyl groups excluding tert-OH is 1. The number of aliphatic carboxylic acids is 1. The zero-order valence-electron chi connectivity index (χ0n) is 5.66. The zero-order chi connectivity index (χ0) is 7.98. The Morgan fingerprint density at radius 3 is 2.70 bits per heavy atom. The fraction of sp³-hybridized carbons (Fsp3) is 0.600. The lowest BCUT2D eigenvalue weighted by Crippen LogP contribution is -2.17. The second kappa shape index (κ2) is 4.75. The molecule has 3 N–H and O–H groups in total.